The van der Waals surface area contributed by atoms with E-state index in [4.69, 9.17) is 0 Å². The predicted molar refractivity (Wildman–Crippen MR) is 60.1 cm³/mol. The first kappa shape index (κ1) is 13.1. The van der Waals surface area contributed by atoms with Crippen molar-refractivity contribution >= 4 is 10.1 Å². The van der Waals surface area contributed by atoms with Gasteiger partial charge >= 0.3 is 0 Å². The molecule has 0 N–H and O–H groups in total. The van der Waals surface area contributed by atoms with E-state index in [2.05, 4.69) is 4.18 Å². The van der Waals surface area contributed by atoms with E-state index in [9.17, 15) is 12.8 Å². The number of halogens is 1. The van der Waals surface area contributed by atoms with E-state index < -0.39 is 20.7 Å². The van der Waals surface area contributed by atoms with Crippen LogP contribution in [-0.4, -0.2) is 15.5 Å². The van der Waals surface area contributed by atoms with E-state index in [0.717, 1.165) is 7.11 Å². The molecule has 0 unspecified atom stereocenters. The molecule has 0 aliphatic heterocycles. The van der Waals surface area contributed by atoms with Crippen LogP contribution in [0.15, 0.2) is 18.2 Å². The highest BCUT2D eigenvalue weighted by Crippen LogP contribution is 2.31. The summed E-state index contributed by atoms with van der Waals surface area (Å²) in [6.07, 6.45) is 0. The first-order valence-corrected chi connectivity index (χ1v) is 6.20. The number of hydrogen-bond donors (Lipinski definition) is 0. The monoisotopic (exact) mass is 246 g/mol. The fourth-order valence-electron chi connectivity index (χ4n) is 1.32. The zero-order valence-corrected chi connectivity index (χ0v) is 10.6. The van der Waals surface area contributed by atoms with Crippen molar-refractivity contribution in [2.45, 2.75) is 25.5 Å². The van der Waals surface area contributed by atoms with Gasteiger partial charge in [-0.15, -0.1) is 0 Å². The molecule has 1 aromatic carbocycles. The van der Waals surface area contributed by atoms with E-state index in [1.807, 2.05) is 0 Å². The second-order valence-electron chi connectivity index (χ2n) is 4.10. The van der Waals surface area contributed by atoms with Gasteiger partial charge in [-0.2, -0.15) is 8.42 Å². The topological polar surface area (TPSA) is 43.4 Å². The molecule has 0 spiro atoms. The third-order valence-corrected chi connectivity index (χ3v) is 4.64. The first-order chi connectivity index (χ1) is 7.22. The van der Waals surface area contributed by atoms with Gasteiger partial charge < -0.3 is 0 Å². The van der Waals surface area contributed by atoms with Gasteiger partial charge in [0.05, 0.1) is 7.11 Å². The molecule has 0 amide bonds. The standard InChI is InChI=1S/C11H15FO3S/c1-8-5-6-9(7-10(8)12)11(2,3)16(13,14)15-4/h5-7H,1-4H3. The Balaban J connectivity index is 3.33. The Kier molecular flexibility index (Phi) is 3.40. The van der Waals surface area contributed by atoms with Crippen molar-refractivity contribution in [2.75, 3.05) is 7.11 Å². The summed E-state index contributed by atoms with van der Waals surface area (Å²) in [6, 6.07) is 4.37. The molecule has 1 aromatic rings. The van der Waals surface area contributed by atoms with Gasteiger partial charge in [0, 0.05) is 0 Å². The van der Waals surface area contributed by atoms with Crippen molar-refractivity contribution in [3.8, 4) is 0 Å². The largest absolute Gasteiger partial charge is 0.276 e. The van der Waals surface area contributed by atoms with Crippen molar-refractivity contribution < 1.29 is 17.0 Å². The maximum atomic E-state index is 13.4. The van der Waals surface area contributed by atoms with Crippen LogP contribution >= 0.6 is 0 Å². The van der Waals surface area contributed by atoms with Crippen LogP contribution in [0.4, 0.5) is 4.39 Å². The molecule has 0 fully saturated rings. The van der Waals surface area contributed by atoms with Gasteiger partial charge in [0.15, 0.2) is 0 Å². The molecule has 3 nitrogen and oxygen atoms in total. The Labute approximate surface area is 95.4 Å². The summed E-state index contributed by atoms with van der Waals surface area (Å²) in [5, 5.41) is 0. The summed E-state index contributed by atoms with van der Waals surface area (Å²) in [7, 11) is -2.65. The number of benzene rings is 1. The van der Waals surface area contributed by atoms with Gasteiger partial charge in [-0.25, -0.2) is 4.39 Å². The number of aryl methyl sites for hydroxylation is 1. The average Bonchev–Trinajstić information content (AvgIpc) is 2.21. The third kappa shape index (κ3) is 2.10. The molecular formula is C11H15FO3S. The Morgan fingerprint density at radius 2 is 1.88 bits per heavy atom. The summed E-state index contributed by atoms with van der Waals surface area (Å²) in [5.74, 6) is -0.420. The van der Waals surface area contributed by atoms with E-state index in [0.29, 0.717) is 11.1 Å². The fraction of sp³-hybridized carbons (Fsp3) is 0.455. The lowest BCUT2D eigenvalue weighted by molar-refractivity contribution is 0.372. The molecule has 1 rings (SSSR count). The highest BCUT2D eigenvalue weighted by Gasteiger charge is 2.36. The number of hydrogen-bond acceptors (Lipinski definition) is 3. The van der Waals surface area contributed by atoms with Crippen LogP contribution in [0.1, 0.15) is 25.0 Å². The molecule has 0 aliphatic carbocycles. The Bertz CT molecular complexity index is 492. The molecule has 5 heteroatoms. The van der Waals surface area contributed by atoms with E-state index in [-0.39, 0.29) is 0 Å². The summed E-state index contributed by atoms with van der Waals surface area (Å²) in [5.41, 5.74) is 0.854. The quantitative estimate of drug-likeness (QED) is 0.769. The lowest BCUT2D eigenvalue weighted by atomic mass is 10.0. The molecule has 0 bridgehead atoms. The zero-order valence-electron chi connectivity index (χ0n) is 9.74. The second-order valence-corrected chi connectivity index (χ2v) is 6.36. The molecule has 16 heavy (non-hydrogen) atoms. The molecule has 0 aromatic heterocycles. The minimum atomic E-state index is -3.75. The molecule has 0 saturated carbocycles. The Morgan fingerprint density at radius 1 is 1.31 bits per heavy atom. The van der Waals surface area contributed by atoms with Crippen LogP contribution < -0.4 is 0 Å². The van der Waals surface area contributed by atoms with Gasteiger partial charge in [-0.05, 0) is 38.0 Å². The molecule has 0 heterocycles. The predicted octanol–water partition coefficient (Wildman–Crippen LogP) is 2.35. The third-order valence-electron chi connectivity index (χ3n) is 2.71. The lowest BCUT2D eigenvalue weighted by Gasteiger charge is -2.23. The maximum absolute atomic E-state index is 13.4. The van der Waals surface area contributed by atoms with Crippen LogP contribution in [0, 0.1) is 12.7 Å². The van der Waals surface area contributed by atoms with Crippen LogP contribution in [0.5, 0.6) is 0 Å². The van der Waals surface area contributed by atoms with Crippen LogP contribution in [0.2, 0.25) is 0 Å². The first-order valence-electron chi connectivity index (χ1n) is 4.79. The number of rotatable bonds is 3. The molecule has 0 radical (unpaired) electrons. The fourth-order valence-corrected chi connectivity index (χ4v) is 2.15. The van der Waals surface area contributed by atoms with E-state index in [1.165, 1.54) is 19.9 Å². The second kappa shape index (κ2) is 4.14. The van der Waals surface area contributed by atoms with Gasteiger partial charge in [0.1, 0.15) is 10.6 Å². The van der Waals surface area contributed by atoms with E-state index >= 15 is 0 Å². The molecule has 90 valence electrons. The summed E-state index contributed by atoms with van der Waals surface area (Å²) >= 11 is 0. The zero-order chi connectivity index (χ0) is 12.6. The highest BCUT2D eigenvalue weighted by molar-refractivity contribution is 7.87. The molecule has 0 saturated heterocycles. The van der Waals surface area contributed by atoms with Crippen LogP contribution in [-0.2, 0) is 19.0 Å². The maximum Gasteiger partial charge on any atom is 0.276 e. The molecular weight excluding hydrogens is 231 g/mol. The highest BCUT2D eigenvalue weighted by atomic mass is 32.2. The minimum absolute atomic E-state index is 0.373. The van der Waals surface area contributed by atoms with Crippen molar-refractivity contribution in [3.63, 3.8) is 0 Å². The van der Waals surface area contributed by atoms with Crippen molar-refractivity contribution in [2.24, 2.45) is 0 Å². The van der Waals surface area contributed by atoms with Crippen molar-refractivity contribution in [1.82, 2.24) is 0 Å². The average molecular weight is 246 g/mol. The lowest BCUT2D eigenvalue weighted by Crippen LogP contribution is -2.30. The van der Waals surface area contributed by atoms with Crippen LogP contribution in [0.25, 0.3) is 0 Å². The smallest absolute Gasteiger partial charge is 0.273 e. The Hall–Kier alpha value is -0.940. The van der Waals surface area contributed by atoms with Gasteiger partial charge in [0.2, 0.25) is 0 Å². The van der Waals surface area contributed by atoms with Gasteiger partial charge in [-0.1, -0.05) is 12.1 Å². The van der Waals surface area contributed by atoms with Gasteiger partial charge in [0.25, 0.3) is 10.1 Å². The normalized spacial score (nSPS) is 12.8. The summed E-state index contributed by atoms with van der Waals surface area (Å²) in [6.45, 7) is 4.59. The SMILES string of the molecule is COS(=O)(=O)C(C)(C)c1ccc(C)c(F)c1. The minimum Gasteiger partial charge on any atom is -0.273 e. The van der Waals surface area contributed by atoms with Crippen molar-refractivity contribution in [3.05, 3.63) is 35.1 Å². The summed E-state index contributed by atoms with van der Waals surface area (Å²) in [4.78, 5) is 0. The van der Waals surface area contributed by atoms with Gasteiger partial charge in [-0.3, -0.25) is 4.18 Å². The Morgan fingerprint density at radius 3 is 2.31 bits per heavy atom. The van der Waals surface area contributed by atoms with E-state index in [1.54, 1.807) is 19.1 Å². The summed E-state index contributed by atoms with van der Waals surface area (Å²) < 4.78 is 39.9. The molecule has 0 aliphatic rings. The molecule has 0 atom stereocenters. The van der Waals surface area contributed by atoms with Crippen molar-refractivity contribution in [1.29, 1.82) is 0 Å². The van der Waals surface area contributed by atoms with Crippen LogP contribution in [0.3, 0.4) is 0 Å².